The van der Waals surface area contributed by atoms with Crippen LogP contribution in [0.3, 0.4) is 0 Å². The van der Waals surface area contributed by atoms with Crippen LogP contribution < -0.4 is 15.2 Å². The molecule has 0 spiro atoms. The Morgan fingerprint density at radius 2 is 1.71 bits per heavy atom. The second-order valence-corrected chi connectivity index (χ2v) is 3.29. The van der Waals surface area contributed by atoms with Crippen LogP contribution in [0.25, 0.3) is 0 Å². The highest BCUT2D eigenvalue weighted by atomic mass is 16.5. The summed E-state index contributed by atoms with van der Waals surface area (Å²) in [6.45, 7) is 0.865. The highest BCUT2D eigenvalue weighted by molar-refractivity contribution is 5.24. The number of nitrogen functional groups attached to an aromatic ring is 1. The first-order chi connectivity index (χ1) is 8.34. The Hall–Kier alpha value is -2.30. The number of hydrogen-bond donors (Lipinski definition) is 1. The first-order valence-electron chi connectivity index (χ1n) is 5.23. The molecule has 0 radical (unpaired) electrons. The number of hydrogen-bond acceptors (Lipinski definition) is 5. The summed E-state index contributed by atoms with van der Waals surface area (Å²) in [7, 11) is 0. The second-order valence-electron chi connectivity index (χ2n) is 3.29. The standard InChI is InChI=1S/C12H13N3O2/c13-11-8-15-12(9-14-11)17-7-6-16-10-4-2-1-3-5-10/h1-5,8-9H,6-7H2,(H2,13,14). The number of anilines is 1. The average Bonchev–Trinajstić information content (AvgIpc) is 2.38. The van der Waals surface area contributed by atoms with Gasteiger partial charge in [0.1, 0.15) is 24.8 Å². The molecule has 0 saturated heterocycles. The number of benzene rings is 1. The van der Waals surface area contributed by atoms with E-state index in [1.54, 1.807) is 0 Å². The number of ether oxygens (including phenoxy) is 2. The van der Waals surface area contributed by atoms with Crippen molar-refractivity contribution in [3.05, 3.63) is 42.7 Å². The van der Waals surface area contributed by atoms with Gasteiger partial charge in [-0.1, -0.05) is 18.2 Å². The predicted octanol–water partition coefficient (Wildman–Crippen LogP) is 1.52. The number of rotatable bonds is 5. The monoisotopic (exact) mass is 231 g/mol. The van der Waals surface area contributed by atoms with Crippen molar-refractivity contribution in [1.82, 2.24) is 9.97 Å². The van der Waals surface area contributed by atoms with E-state index in [2.05, 4.69) is 9.97 Å². The summed E-state index contributed by atoms with van der Waals surface area (Å²) in [4.78, 5) is 7.82. The van der Waals surface area contributed by atoms with Crippen LogP contribution in [0.1, 0.15) is 0 Å². The van der Waals surface area contributed by atoms with Gasteiger partial charge >= 0.3 is 0 Å². The van der Waals surface area contributed by atoms with E-state index in [1.165, 1.54) is 12.4 Å². The summed E-state index contributed by atoms with van der Waals surface area (Å²) in [5.74, 6) is 1.63. The molecule has 5 nitrogen and oxygen atoms in total. The third-order valence-corrected chi connectivity index (χ3v) is 1.99. The van der Waals surface area contributed by atoms with Crippen molar-refractivity contribution in [2.75, 3.05) is 18.9 Å². The van der Waals surface area contributed by atoms with E-state index < -0.39 is 0 Å². The topological polar surface area (TPSA) is 70.3 Å². The molecule has 1 heterocycles. The molecule has 0 aliphatic rings. The fraction of sp³-hybridized carbons (Fsp3) is 0.167. The minimum Gasteiger partial charge on any atom is -0.490 e. The lowest BCUT2D eigenvalue weighted by molar-refractivity contribution is 0.211. The molecule has 1 aromatic carbocycles. The van der Waals surface area contributed by atoms with Crippen molar-refractivity contribution < 1.29 is 9.47 Å². The van der Waals surface area contributed by atoms with E-state index in [0.717, 1.165) is 5.75 Å². The van der Waals surface area contributed by atoms with Crippen LogP contribution >= 0.6 is 0 Å². The Labute approximate surface area is 99.2 Å². The second kappa shape index (κ2) is 5.69. The van der Waals surface area contributed by atoms with Gasteiger partial charge in [0, 0.05) is 0 Å². The molecular weight excluding hydrogens is 218 g/mol. The summed E-state index contributed by atoms with van der Waals surface area (Å²) in [6, 6.07) is 9.56. The SMILES string of the molecule is Nc1cnc(OCCOc2ccccc2)cn1. The van der Waals surface area contributed by atoms with Gasteiger partial charge in [-0.15, -0.1) is 0 Å². The number of aromatic nitrogens is 2. The molecule has 0 unspecified atom stereocenters. The molecule has 0 amide bonds. The third kappa shape index (κ3) is 3.64. The van der Waals surface area contributed by atoms with Crippen LogP contribution in [0.4, 0.5) is 5.82 Å². The summed E-state index contributed by atoms with van der Waals surface area (Å²) in [5.41, 5.74) is 5.40. The Morgan fingerprint density at radius 1 is 0.941 bits per heavy atom. The lowest BCUT2D eigenvalue weighted by Crippen LogP contribution is -2.09. The normalized spacial score (nSPS) is 9.88. The molecule has 1 aromatic heterocycles. The first kappa shape index (κ1) is 11.2. The van der Waals surface area contributed by atoms with E-state index in [1.807, 2.05) is 30.3 Å². The zero-order valence-electron chi connectivity index (χ0n) is 9.24. The van der Waals surface area contributed by atoms with E-state index in [4.69, 9.17) is 15.2 Å². The maximum absolute atomic E-state index is 5.45. The molecule has 88 valence electrons. The highest BCUT2D eigenvalue weighted by Gasteiger charge is 1.96. The molecule has 2 aromatic rings. The summed E-state index contributed by atoms with van der Waals surface area (Å²) < 4.78 is 10.8. The molecule has 0 fully saturated rings. The number of nitrogens with zero attached hydrogens (tertiary/aromatic N) is 2. The smallest absolute Gasteiger partial charge is 0.232 e. The predicted molar refractivity (Wildman–Crippen MR) is 63.9 cm³/mol. The highest BCUT2D eigenvalue weighted by Crippen LogP contribution is 2.08. The van der Waals surface area contributed by atoms with Gasteiger partial charge in [0.2, 0.25) is 5.88 Å². The molecule has 2 rings (SSSR count). The maximum atomic E-state index is 5.45. The average molecular weight is 231 g/mol. The number of para-hydroxylation sites is 1. The van der Waals surface area contributed by atoms with Crippen molar-refractivity contribution in [2.45, 2.75) is 0 Å². The quantitative estimate of drug-likeness (QED) is 0.790. The van der Waals surface area contributed by atoms with Crippen molar-refractivity contribution in [3.8, 4) is 11.6 Å². The lowest BCUT2D eigenvalue weighted by Gasteiger charge is -2.07. The van der Waals surface area contributed by atoms with Gasteiger partial charge in [-0.3, -0.25) is 0 Å². The number of nitrogens with two attached hydrogens (primary N) is 1. The van der Waals surface area contributed by atoms with Gasteiger partial charge in [0.25, 0.3) is 0 Å². The van der Waals surface area contributed by atoms with Crippen LogP contribution in [0, 0.1) is 0 Å². The van der Waals surface area contributed by atoms with Crippen LogP contribution in [-0.4, -0.2) is 23.2 Å². The van der Waals surface area contributed by atoms with Crippen LogP contribution in [-0.2, 0) is 0 Å². The molecule has 0 aliphatic heterocycles. The van der Waals surface area contributed by atoms with Crippen molar-refractivity contribution in [3.63, 3.8) is 0 Å². The van der Waals surface area contributed by atoms with Gasteiger partial charge in [-0.2, -0.15) is 0 Å². The Kier molecular flexibility index (Phi) is 3.75. The first-order valence-corrected chi connectivity index (χ1v) is 5.23. The van der Waals surface area contributed by atoms with Crippen molar-refractivity contribution >= 4 is 5.82 Å². The fourth-order valence-corrected chi connectivity index (χ4v) is 1.22. The van der Waals surface area contributed by atoms with Crippen LogP contribution in [0.2, 0.25) is 0 Å². The fourth-order valence-electron chi connectivity index (χ4n) is 1.22. The van der Waals surface area contributed by atoms with Gasteiger partial charge in [-0.05, 0) is 12.1 Å². The van der Waals surface area contributed by atoms with Crippen molar-refractivity contribution in [2.24, 2.45) is 0 Å². The van der Waals surface area contributed by atoms with Gasteiger partial charge in [0.05, 0.1) is 12.4 Å². The van der Waals surface area contributed by atoms with E-state index in [0.29, 0.717) is 24.9 Å². The lowest BCUT2D eigenvalue weighted by atomic mass is 10.3. The zero-order chi connectivity index (χ0) is 11.9. The van der Waals surface area contributed by atoms with Crippen molar-refractivity contribution in [1.29, 1.82) is 0 Å². The summed E-state index contributed by atoms with van der Waals surface area (Å²) in [6.07, 6.45) is 2.94. The summed E-state index contributed by atoms with van der Waals surface area (Å²) in [5, 5.41) is 0. The maximum Gasteiger partial charge on any atom is 0.232 e. The minimum absolute atomic E-state index is 0.373. The van der Waals surface area contributed by atoms with Crippen LogP contribution in [0.5, 0.6) is 11.6 Å². The molecule has 0 aliphatic carbocycles. The molecule has 5 heteroatoms. The van der Waals surface area contributed by atoms with E-state index in [9.17, 15) is 0 Å². The summed E-state index contributed by atoms with van der Waals surface area (Å²) >= 11 is 0. The van der Waals surface area contributed by atoms with E-state index >= 15 is 0 Å². The molecular formula is C12H13N3O2. The zero-order valence-corrected chi connectivity index (χ0v) is 9.24. The molecule has 0 bridgehead atoms. The van der Waals surface area contributed by atoms with E-state index in [-0.39, 0.29) is 0 Å². The van der Waals surface area contributed by atoms with Crippen LogP contribution in [0.15, 0.2) is 42.7 Å². The molecule has 2 N–H and O–H groups in total. The van der Waals surface area contributed by atoms with Gasteiger partial charge in [-0.25, -0.2) is 9.97 Å². The Balaban J connectivity index is 1.71. The Morgan fingerprint density at radius 3 is 2.41 bits per heavy atom. The molecule has 17 heavy (non-hydrogen) atoms. The largest absolute Gasteiger partial charge is 0.490 e. The minimum atomic E-state index is 0.373. The molecule has 0 saturated carbocycles. The molecule has 0 atom stereocenters. The third-order valence-electron chi connectivity index (χ3n) is 1.99. The Bertz CT molecular complexity index is 445. The van der Waals surface area contributed by atoms with Gasteiger partial charge < -0.3 is 15.2 Å². The van der Waals surface area contributed by atoms with Gasteiger partial charge in [0.15, 0.2) is 0 Å².